The maximum atomic E-state index is 12.8. The molecule has 27 heavy (non-hydrogen) atoms. The molecule has 2 aromatic heterocycles. The number of hydrogen-bond donors (Lipinski definition) is 1. The molecule has 0 radical (unpaired) electrons. The molecule has 1 amide bonds. The second kappa shape index (κ2) is 6.98. The number of benzene rings is 1. The van der Waals surface area contributed by atoms with Crippen LogP contribution in [0.1, 0.15) is 38.6 Å². The maximum absolute atomic E-state index is 12.8. The Bertz CT molecular complexity index is 1060. The Morgan fingerprint density at radius 3 is 2.63 bits per heavy atom. The fourth-order valence-electron chi connectivity index (χ4n) is 3.02. The van der Waals surface area contributed by atoms with Gasteiger partial charge in [-0.3, -0.25) is 14.2 Å². The van der Waals surface area contributed by atoms with E-state index in [4.69, 9.17) is 0 Å². The first-order valence-electron chi connectivity index (χ1n) is 8.99. The van der Waals surface area contributed by atoms with Crippen LogP contribution in [-0.4, -0.2) is 25.2 Å². The molecule has 142 valence electrons. The van der Waals surface area contributed by atoms with Crippen molar-refractivity contribution < 1.29 is 4.79 Å². The first-order valence-corrected chi connectivity index (χ1v) is 8.99. The topological polar surface area (TPSA) is 81.8 Å². The van der Waals surface area contributed by atoms with Crippen LogP contribution < -0.4 is 10.9 Å². The van der Waals surface area contributed by atoms with Crippen molar-refractivity contribution in [1.82, 2.24) is 19.3 Å². The molecular formula is C20H25N5O2. The van der Waals surface area contributed by atoms with Crippen molar-refractivity contribution in [2.75, 3.05) is 5.32 Å². The number of carbonyl (C=O) groups is 1. The summed E-state index contributed by atoms with van der Waals surface area (Å²) < 4.78 is 3.29. The smallest absolute Gasteiger partial charge is 0.264 e. The van der Waals surface area contributed by atoms with Gasteiger partial charge in [0.05, 0.1) is 11.7 Å². The molecule has 0 aliphatic carbocycles. The van der Waals surface area contributed by atoms with Gasteiger partial charge in [0.25, 0.3) is 5.56 Å². The normalized spacial score (nSPS) is 11.7. The number of nitrogens with zero attached hydrogens (tertiary/aromatic N) is 4. The standard InChI is InChI=1S/C20H25N5O2/c1-13-7-6-8-15(11-13)23-17(26)9-10-24-14(2)22-18-16(19(24)27)12-21-25(18)20(3,4)5/h6-8,11-12H,9-10H2,1-5H3,(H,23,26). The van der Waals surface area contributed by atoms with E-state index in [1.807, 2.05) is 52.0 Å². The Labute approximate surface area is 158 Å². The van der Waals surface area contributed by atoms with Gasteiger partial charge in [0.2, 0.25) is 5.91 Å². The summed E-state index contributed by atoms with van der Waals surface area (Å²) in [6.07, 6.45) is 1.74. The first-order chi connectivity index (χ1) is 12.7. The zero-order chi connectivity index (χ0) is 19.8. The highest BCUT2D eigenvalue weighted by atomic mass is 16.2. The average Bonchev–Trinajstić information content (AvgIpc) is 2.98. The Kier molecular flexibility index (Phi) is 4.87. The number of anilines is 1. The number of aromatic nitrogens is 4. The zero-order valence-corrected chi connectivity index (χ0v) is 16.4. The molecule has 3 aromatic rings. The Morgan fingerprint density at radius 2 is 1.96 bits per heavy atom. The van der Waals surface area contributed by atoms with Crippen molar-refractivity contribution in [3.63, 3.8) is 0 Å². The lowest BCUT2D eigenvalue weighted by Crippen LogP contribution is -2.28. The van der Waals surface area contributed by atoms with Crippen LogP contribution in [0.25, 0.3) is 11.0 Å². The van der Waals surface area contributed by atoms with E-state index in [1.165, 1.54) is 4.57 Å². The third kappa shape index (κ3) is 3.92. The summed E-state index contributed by atoms with van der Waals surface area (Å²) in [6, 6.07) is 7.61. The molecule has 2 heterocycles. The van der Waals surface area contributed by atoms with Gasteiger partial charge in [-0.1, -0.05) is 12.1 Å². The van der Waals surface area contributed by atoms with Crippen molar-refractivity contribution >= 4 is 22.6 Å². The van der Waals surface area contributed by atoms with E-state index in [-0.39, 0.29) is 30.0 Å². The molecule has 1 aromatic carbocycles. The van der Waals surface area contributed by atoms with Crippen molar-refractivity contribution in [2.45, 2.75) is 53.1 Å². The quantitative estimate of drug-likeness (QED) is 0.768. The fraction of sp³-hybridized carbons (Fsp3) is 0.400. The monoisotopic (exact) mass is 367 g/mol. The van der Waals surface area contributed by atoms with Crippen LogP contribution in [-0.2, 0) is 16.9 Å². The zero-order valence-electron chi connectivity index (χ0n) is 16.4. The molecule has 0 bridgehead atoms. The number of aryl methyl sites for hydroxylation is 2. The van der Waals surface area contributed by atoms with Crippen LogP contribution in [0.4, 0.5) is 5.69 Å². The first kappa shape index (κ1) is 18.8. The average molecular weight is 367 g/mol. The molecule has 7 nitrogen and oxygen atoms in total. The molecule has 0 atom stereocenters. The predicted octanol–water partition coefficient (Wildman–Crippen LogP) is 2.99. The third-order valence-electron chi connectivity index (χ3n) is 4.38. The van der Waals surface area contributed by atoms with Gasteiger partial charge in [0.1, 0.15) is 11.2 Å². The van der Waals surface area contributed by atoms with Crippen LogP contribution in [0, 0.1) is 13.8 Å². The SMILES string of the molecule is Cc1cccc(NC(=O)CCn2c(C)nc3c(cnn3C(C)(C)C)c2=O)c1. The van der Waals surface area contributed by atoms with Gasteiger partial charge in [0.15, 0.2) is 5.65 Å². The summed E-state index contributed by atoms with van der Waals surface area (Å²) in [4.78, 5) is 29.7. The summed E-state index contributed by atoms with van der Waals surface area (Å²) >= 11 is 0. The number of fused-ring (bicyclic) bond motifs is 1. The number of nitrogens with one attached hydrogen (secondary N) is 1. The van der Waals surface area contributed by atoms with Gasteiger partial charge in [-0.05, 0) is 52.3 Å². The molecule has 7 heteroatoms. The van der Waals surface area contributed by atoms with Gasteiger partial charge in [-0.25, -0.2) is 9.67 Å². The van der Waals surface area contributed by atoms with E-state index in [0.717, 1.165) is 11.3 Å². The van der Waals surface area contributed by atoms with E-state index < -0.39 is 0 Å². The predicted molar refractivity (Wildman–Crippen MR) is 106 cm³/mol. The van der Waals surface area contributed by atoms with E-state index in [0.29, 0.717) is 16.9 Å². The van der Waals surface area contributed by atoms with Crippen LogP contribution in [0.3, 0.4) is 0 Å². The largest absolute Gasteiger partial charge is 0.326 e. The molecule has 0 aliphatic heterocycles. The third-order valence-corrected chi connectivity index (χ3v) is 4.38. The van der Waals surface area contributed by atoms with Gasteiger partial charge >= 0.3 is 0 Å². The summed E-state index contributed by atoms with van der Waals surface area (Å²) in [7, 11) is 0. The number of carbonyl (C=O) groups excluding carboxylic acids is 1. The molecule has 0 saturated carbocycles. The van der Waals surface area contributed by atoms with Crippen LogP contribution >= 0.6 is 0 Å². The van der Waals surface area contributed by atoms with Gasteiger partial charge < -0.3 is 5.32 Å². The van der Waals surface area contributed by atoms with Gasteiger partial charge in [-0.15, -0.1) is 0 Å². The summed E-state index contributed by atoms with van der Waals surface area (Å²) in [5.74, 6) is 0.430. The molecule has 1 N–H and O–H groups in total. The highest BCUT2D eigenvalue weighted by Gasteiger charge is 2.21. The van der Waals surface area contributed by atoms with E-state index in [9.17, 15) is 9.59 Å². The molecule has 0 spiro atoms. The molecule has 3 rings (SSSR count). The molecule has 0 unspecified atom stereocenters. The molecule has 0 aliphatic rings. The van der Waals surface area contributed by atoms with Gasteiger partial charge in [0, 0.05) is 18.7 Å². The van der Waals surface area contributed by atoms with Crippen LogP contribution in [0.5, 0.6) is 0 Å². The van der Waals surface area contributed by atoms with Gasteiger partial charge in [-0.2, -0.15) is 5.10 Å². The number of hydrogen-bond acceptors (Lipinski definition) is 4. The summed E-state index contributed by atoms with van der Waals surface area (Å²) in [6.45, 7) is 10.1. The fourth-order valence-corrected chi connectivity index (χ4v) is 3.02. The lowest BCUT2D eigenvalue weighted by Gasteiger charge is -2.20. The summed E-state index contributed by atoms with van der Waals surface area (Å²) in [5.41, 5.74) is 1.96. The Morgan fingerprint density at radius 1 is 1.22 bits per heavy atom. The lowest BCUT2D eigenvalue weighted by molar-refractivity contribution is -0.116. The number of rotatable bonds is 4. The minimum atomic E-state index is -0.270. The Hall–Kier alpha value is -2.96. The minimum absolute atomic E-state index is 0.141. The summed E-state index contributed by atoms with van der Waals surface area (Å²) in [5, 5.41) is 7.66. The molecule has 0 fully saturated rings. The van der Waals surface area contributed by atoms with E-state index in [2.05, 4.69) is 15.4 Å². The highest BCUT2D eigenvalue weighted by Crippen LogP contribution is 2.18. The molecule has 0 saturated heterocycles. The van der Waals surface area contributed by atoms with Crippen LogP contribution in [0.2, 0.25) is 0 Å². The van der Waals surface area contributed by atoms with Crippen molar-refractivity contribution in [3.05, 3.63) is 52.2 Å². The number of amides is 1. The minimum Gasteiger partial charge on any atom is -0.326 e. The molecular weight excluding hydrogens is 342 g/mol. The van der Waals surface area contributed by atoms with Crippen molar-refractivity contribution in [2.24, 2.45) is 0 Å². The van der Waals surface area contributed by atoms with Crippen LogP contribution in [0.15, 0.2) is 35.3 Å². The second-order valence-electron chi connectivity index (χ2n) is 7.75. The van der Waals surface area contributed by atoms with E-state index >= 15 is 0 Å². The Balaban J connectivity index is 1.81. The van der Waals surface area contributed by atoms with Crippen molar-refractivity contribution in [1.29, 1.82) is 0 Å². The second-order valence-corrected chi connectivity index (χ2v) is 7.75. The maximum Gasteiger partial charge on any atom is 0.264 e. The lowest BCUT2D eigenvalue weighted by atomic mass is 10.1. The van der Waals surface area contributed by atoms with Crippen molar-refractivity contribution in [3.8, 4) is 0 Å². The highest BCUT2D eigenvalue weighted by molar-refractivity contribution is 5.90. The van der Waals surface area contributed by atoms with E-state index in [1.54, 1.807) is 17.8 Å².